The molecule has 3 rings (SSSR count). The SMILES string of the molecule is CC(C)C(CNC(=O)c1ccc(N2CCCCC2)cc1)N1CCOCC1. The number of amides is 1. The molecule has 1 aromatic carbocycles. The van der Waals surface area contributed by atoms with Gasteiger partial charge in [0.05, 0.1) is 13.2 Å². The van der Waals surface area contributed by atoms with Gasteiger partial charge in [-0.05, 0) is 49.4 Å². The molecule has 26 heavy (non-hydrogen) atoms. The highest BCUT2D eigenvalue weighted by molar-refractivity contribution is 5.94. The number of hydrogen-bond acceptors (Lipinski definition) is 4. The van der Waals surface area contributed by atoms with Crippen molar-refractivity contribution in [3.63, 3.8) is 0 Å². The number of morpholine rings is 1. The van der Waals surface area contributed by atoms with Crippen molar-refractivity contribution in [3.8, 4) is 0 Å². The molecule has 0 spiro atoms. The minimum atomic E-state index is 0.0223. The van der Waals surface area contributed by atoms with Gasteiger partial charge < -0.3 is 15.0 Å². The van der Waals surface area contributed by atoms with Crippen molar-refractivity contribution in [3.05, 3.63) is 29.8 Å². The van der Waals surface area contributed by atoms with Crippen LogP contribution >= 0.6 is 0 Å². The van der Waals surface area contributed by atoms with Crippen molar-refractivity contribution >= 4 is 11.6 Å². The first-order valence-electron chi connectivity index (χ1n) is 10.1. The van der Waals surface area contributed by atoms with Gasteiger partial charge in [0, 0.05) is 50.0 Å². The number of nitrogens with one attached hydrogen (secondary N) is 1. The van der Waals surface area contributed by atoms with Gasteiger partial charge in [-0.15, -0.1) is 0 Å². The molecule has 2 heterocycles. The maximum absolute atomic E-state index is 12.6. The van der Waals surface area contributed by atoms with E-state index in [4.69, 9.17) is 4.74 Å². The Morgan fingerprint density at radius 3 is 2.31 bits per heavy atom. The standard InChI is InChI=1S/C21H33N3O2/c1-17(2)20(24-12-14-26-15-13-24)16-22-21(25)18-6-8-19(9-7-18)23-10-4-3-5-11-23/h6-9,17,20H,3-5,10-16H2,1-2H3,(H,22,25). The number of carbonyl (C=O) groups excluding carboxylic acids is 1. The summed E-state index contributed by atoms with van der Waals surface area (Å²) >= 11 is 0. The van der Waals surface area contributed by atoms with Crippen molar-refractivity contribution in [2.45, 2.75) is 39.2 Å². The van der Waals surface area contributed by atoms with Crippen molar-refractivity contribution < 1.29 is 9.53 Å². The Morgan fingerprint density at radius 2 is 1.69 bits per heavy atom. The Morgan fingerprint density at radius 1 is 1.04 bits per heavy atom. The molecule has 0 saturated carbocycles. The summed E-state index contributed by atoms with van der Waals surface area (Å²) in [5.74, 6) is 0.518. The van der Waals surface area contributed by atoms with Crippen LogP contribution in [0.25, 0.3) is 0 Å². The molecular weight excluding hydrogens is 326 g/mol. The van der Waals surface area contributed by atoms with Crippen LogP contribution in [0.15, 0.2) is 24.3 Å². The Labute approximate surface area is 157 Å². The third kappa shape index (κ3) is 4.98. The van der Waals surface area contributed by atoms with Crippen LogP contribution in [0.2, 0.25) is 0 Å². The average molecular weight is 360 g/mol. The number of piperidine rings is 1. The van der Waals surface area contributed by atoms with Crippen LogP contribution in [0.3, 0.4) is 0 Å². The Kier molecular flexibility index (Phi) is 6.92. The Hall–Kier alpha value is -1.59. The van der Waals surface area contributed by atoms with E-state index < -0.39 is 0 Å². The van der Waals surface area contributed by atoms with Crippen molar-refractivity contribution in [1.82, 2.24) is 10.2 Å². The minimum Gasteiger partial charge on any atom is -0.379 e. The maximum Gasteiger partial charge on any atom is 0.251 e. The topological polar surface area (TPSA) is 44.8 Å². The van der Waals surface area contributed by atoms with Crippen molar-refractivity contribution in [2.24, 2.45) is 5.92 Å². The molecule has 1 unspecified atom stereocenters. The van der Waals surface area contributed by atoms with Crippen LogP contribution in [0.5, 0.6) is 0 Å². The smallest absolute Gasteiger partial charge is 0.251 e. The molecule has 2 saturated heterocycles. The second-order valence-electron chi connectivity index (χ2n) is 7.76. The van der Waals surface area contributed by atoms with Crippen LogP contribution in [0.1, 0.15) is 43.5 Å². The lowest BCUT2D eigenvalue weighted by Crippen LogP contribution is -2.51. The highest BCUT2D eigenvalue weighted by atomic mass is 16.5. The predicted molar refractivity (Wildman–Crippen MR) is 106 cm³/mol. The normalized spacial score (nSPS) is 20.2. The van der Waals surface area contributed by atoms with Gasteiger partial charge in [0.15, 0.2) is 0 Å². The lowest BCUT2D eigenvalue weighted by atomic mass is 10.0. The molecule has 144 valence electrons. The quantitative estimate of drug-likeness (QED) is 0.848. The van der Waals surface area contributed by atoms with E-state index >= 15 is 0 Å². The average Bonchev–Trinajstić information content (AvgIpc) is 2.69. The summed E-state index contributed by atoms with van der Waals surface area (Å²) in [4.78, 5) is 17.4. The van der Waals surface area contributed by atoms with Gasteiger partial charge in [0.1, 0.15) is 0 Å². The zero-order valence-electron chi connectivity index (χ0n) is 16.2. The molecule has 0 aromatic heterocycles. The molecule has 2 aliphatic rings. The summed E-state index contributed by atoms with van der Waals surface area (Å²) in [7, 11) is 0. The fourth-order valence-corrected chi connectivity index (χ4v) is 3.97. The lowest BCUT2D eigenvalue weighted by Gasteiger charge is -2.36. The second-order valence-corrected chi connectivity index (χ2v) is 7.76. The maximum atomic E-state index is 12.6. The third-order valence-electron chi connectivity index (χ3n) is 5.61. The molecule has 1 aromatic rings. The van der Waals surface area contributed by atoms with Gasteiger partial charge in [-0.2, -0.15) is 0 Å². The van der Waals surface area contributed by atoms with E-state index in [1.807, 2.05) is 12.1 Å². The first-order chi connectivity index (χ1) is 12.6. The molecule has 5 heteroatoms. The van der Waals surface area contributed by atoms with E-state index in [0.29, 0.717) is 18.5 Å². The fourth-order valence-electron chi connectivity index (χ4n) is 3.97. The number of nitrogens with zero attached hydrogens (tertiary/aromatic N) is 2. The predicted octanol–water partition coefficient (Wildman–Crippen LogP) is 2.76. The van der Waals surface area contributed by atoms with E-state index in [1.54, 1.807) is 0 Å². The number of rotatable bonds is 6. The zero-order chi connectivity index (χ0) is 18.4. The van der Waals surface area contributed by atoms with E-state index in [-0.39, 0.29) is 5.91 Å². The van der Waals surface area contributed by atoms with Crippen LogP contribution < -0.4 is 10.2 Å². The fraction of sp³-hybridized carbons (Fsp3) is 0.667. The molecule has 0 aliphatic carbocycles. The summed E-state index contributed by atoms with van der Waals surface area (Å²) in [6.45, 7) is 10.9. The van der Waals surface area contributed by atoms with E-state index in [9.17, 15) is 4.79 Å². The van der Waals surface area contributed by atoms with Gasteiger partial charge in [0.25, 0.3) is 5.91 Å². The first-order valence-corrected chi connectivity index (χ1v) is 10.1. The van der Waals surface area contributed by atoms with Crippen LogP contribution in [-0.2, 0) is 4.74 Å². The Bertz CT molecular complexity index is 561. The summed E-state index contributed by atoms with van der Waals surface area (Å²) in [6.07, 6.45) is 3.86. The van der Waals surface area contributed by atoms with Crippen LogP contribution in [0.4, 0.5) is 5.69 Å². The third-order valence-corrected chi connectivity index (χ3v) is 5.61. The summed E-state index contributed by atoms with van der Waals surface area (Å²) in [5, 5.41) is 3.14. The molecular formula is C21H33N3O2. The largest absolute Gasteiger partial charge is 0.379 e. The van der Waals surface area contributed by atoms with Crippen molar-refractivity contribution in [1.29, 1.82) is 0 Å². The monoisotopic (exact) mass is 359 g/mol. The first kappa shape index (κ1) is 19.2. The van der Waals surface area contributed by atoms with Crippen molar-refractivity contribution in [2.75, 3.05) is 50.8 Å². The molecule has 1 atom stereocenters. The van der Waals surface area contributed by atoms with Gasteiger partial charge in [-0.1, -0.05) is 13.8 Å². The number of anilines is 1. The highest BCUT2D eigenvalue weighted by Gasteiger charge is 2.24. The number of carbonyl (C=O) groups is 1. The Balaban J connectivity index is 1.54. The van der Waals surface area contributed by atoms with Crippen LogP contribution in [0, 0.1) is 5.92 Å². The highest BCUT2D eigenvalue weighted by Crippen LogP contribution is 2.20. The molecule has 1 N–H and O–H groups in total. The molecule has 0 radical (unpaired) electrons. The van der Waals surface area contributed by atoms with Gasteiger partial charge in [-0.25, -0.2) is 0 Å². The number of hydrogen-bond donors (Lipinski definition) is 1. The molecule has 2 fully saturated rings. The number of benzene rings is 1. The van der Waals surface area contributed by atoms with Gasteiger partial charge in [0.2, 0.25) is 0 Å². The summed E-state index contributed by atoms with van der Waals surface area (Å²) in [6, 6.07) is 8.44. The van der Waals surface area contributed by atoms with E-state index in [0.717, 1.165) is 45.0 Å². The van der Waals surface area contributed by atoms with Crippen LogP contribution in [-0.4, -0.2) is 62.8 Å². The minimum absolute atomic E-state index is 0.0223. The number of ether oxygens (including phenoxy) is 1. The zero-order valence-corrected chi connectivity index (χ0v) is 16.2. The molecule has 1 amide bonds. The summed E-state index contributed by atoms with van der Waals surface area (Å²) in [5.41, 5.74) is 1.98. The molecule has 5 nitrogen and oxygen atoms in total. The second kappa shape index (κ2) is 9.38. The molecule has 2 aliphatic heterocycles. The molecule has 0 bridgehead atoms. The summed E-state index contributed by atoms with van der Waals surface area (Å²) < 4.78 is 5.45. The van der Waals surface area contributed by atoms with E-state index in [1.165, 1.54) is 24.9 Å². The van der Waals surface area contributed by atoms with Gasteiger partial charge >= 0.3 is 0 Å². The van der Waals surface area contributed by atoms with E-state index in [2.05, 4.69) is 41.1 Å². The van der Waals surface area contributed by atoms with Gasteiger partial charge in [-0.3, -0.25) is 9.69 Å². The lowest BCUT2D eigenvalue weighted by molar-refractivity contribution is 0.00673.